The Morgan fingerprint density at radius 2 is 2.25 bits per heavy atom. The third-order valence-corrected chi connectivity index (χ3v) is 4.69. The van der Waals surface area contributed by atoms with Crippen molar-refractivity contribution < 1.29 is 19.0 Å². The largest absolute Gasteiger partial charge is 0.478 e. The molecule has 3 rings (SSSR count). The number of nitrogens with zero attached hydrogens (tertiary/aromatic N) is 3. The molecule has 1 aliphatic rings. The number of rotatable bonds is 8. The van der Waals surface area contributed by atoms with Gasteiger partial charge < -0.3 is 19.5 Å². The average molecular weight is 388 g/mol. The third kappa shape index (κ3) is 4.34. The first-order chi connectivity index (χ1) is 13.5. The molecule has 2 aromatic rings. The first-order valence-corrected chi connectivity index (χ1v) is 9.64. The molecule has 0 unspecified atom stereocenters. The van der Waals surface area contributed by atoms with Crippen molar-refractivity contribution >= 4 is 5.91 Å². The second-order valence-electron chi connectivity index (χ2n) is 6.80. The summed E-state index contributed by atoms with van der Waals surface area (Å²) in [6, 6.07) is 3.73. The van der Waals surface area contributed by atoms with E-state index in [2.05, 4.69) is 15.4 Å². The highest BCUT2D eigenvalue weighted by Gasteiger charge is 2.32. The Hall–Kier alpha value is -2.45. The summed E-state index contributed by atoms with van der Waals surface area (Å²) in [6.07, 6.45) is 2.23. The predicted molar refractivity (Wildman–Crippen MR) is 103 cm³/mol. The first-order valence-electron chi connectivity index (χ1n) is 9.64. The molecular formula is C20H28N4O4. The topological polar surface area (TPSA) is 87.5 Å². The Kier molecular flexibility index (Phi) is 6.64. The van der Waals surface area contributed by atoms with E-state index in [9.17, 15) is 4.79 Å². The van der Waals surface area contributed by atoms with Gasteiger partial charge >= 0.3 is 0 Å². The molecule has 0 fully saturated rings. The summed E-state index contributed by atoms with van der Waals surface area (Å²) in [6.45, 7) is 7.71. The number of carbonyl (C=O) groups excluding carboxylic acids is 1. The van der Waals surface area contributed by atoms with Crippen LogP contribution in [0.3, 0.4) is 0 Å². The van der Waals surface area contributed by atoms with Crippen molar-refractivity contribution in [2.24, 2.45) is 0 Å². The van der Waals surface area contributed by atoms with Crippen LogP contribution in [0.2, 0.25) is 0 Å². The van der Waals surface area contributed by atoms with Crippen molar-refractivity contribution in [3.63, 3.8) is 0 Å². The zero-order chi connectivity index (χ0) is 20.1. The van der Waals surface area contributed by atoms with Gasteiger partial charge in [0.25, 0.3) is 5.91 Å². The van der Waals surface area contributed by atoms with Gasteiger partial charge in [-0.3, -0.25) is 9.48 Å². The first kappa shape index (κ1) is 20.3. The van der Waals surface area contributed by atoms with E-state index >= 15 is 0 Å². The second-order valence-corrected chi connectivity index (χ2v) is 6.80. The molecule has 1 aliphatic heterocycles. The number of amides is 1. The Bertz CT molecular complexity index is 821. The number of hydrogen-bond donors (Lipinski definition) is 1. The fraction of sp³-hybridized carbons (Fsp3) is 0.550. The molecule has 0 aliphatic carbocycles. The zero-order valence-corrected chi connectivity index (χ0v) is 16.9. The molecule has 0 saturated heterocycles. The Morgan fingerprint density at radius 3 is 3.00 bits per heavy atom. The number of carbonyl (C=O) groups is 1. The lowest BCUT2D eigenvalue weighted by molar-refractivity contribution is -0.00716. The van der Waals surface area contributed by atoms with Crippen LogP contribution >= 0.6 is 0 Å². The van der Waals surface area contributed by atoms with E-state index in [4.69, 9.17) is 14.2 Å². The number of methoxy groups -OCH3 is 1. The molecule has 3 heterocycles. The van der Waals surface area contributed by atoms with Gasteiger partial charge in [-0.15, -0.1) is 0 Å². The molecule has 0 spiro atoms. The fourth-order valence-corrected chi connectivity index (χ4v) is 3.47. The second kappa shape index (κ2) is 9.16. The van der Waals surface area contributed by atoms with Gasteiger partial charge in [-0.1, -0.05) is 6.07 Å². The smallest absolute Gasteiger partial charge is 0.270 e. The van der Waals surface area contributed by atoms with E-state index in [-0.39, 0.29) is 18.1 Å². The van der Waals surface area contributed by atoms with E-state index in [1.54, 1.807) is 18.0 Å². The summed E-state index contributed by atoms with van der Waals surface area (Å²) in [5, 5.41) is 7.64. The van der Waals surface area contributed by atoms with E-state index in [1.807, 2.05) is 32.9 Å². The van der Waals surface area contributed by atoms with Crippen LogP contribution < -0.4 is 10.1 Å². The quantitative estimate of drug-likeness (QED) is 0.746. The van der Waals surface area contributed by atoms with Gasteiger partial charge in [-0.05, 0) is 26.8 Å². The highest BCUT2D eigenvalue weighted by atomic mass is 16.5. The maximum atomic E-state index is 13.1. The molecule has 0 radical (unpaired) electrons. The highest BCUT2D eigenvalue weighted by Crippen LogP contribution is 2.31. The van der Waals surface area contributed by atoms with E-state index in [0.29, 0.717) is 44.3 Å². The number of hydrogen-bond acceptors (Lipinski definition) is 6. The van der Waals surface area contributed by atoms with Crippen molar-refractivity contribution in [1.82, 2.24) is 20.1 Å². The average Bonchev–Trinajstić information content (AvgIpc) is 3.04. The van der Waals surface area contributed by atoms with Crippen LogP contribution in [0, 0.1) is 0 Å². The van der Waals surface area contributed by atoms with Crippen molar-refractivity contribution in [2.45, 2.75) is 52.5 Å². The van der Waals surface area contributed by atoms with Crippen molar-refractivity contribution in [3.05, 3.63) is 40.8 Å². The molecule has 1 amide bonds. The predicted octanol–water partition coefficient (Wildman–Crippen LogP) is 2.28. The Labute approximate surface area is 165 Å². The minimum Gasteiger partial charge on any atom is -0.478 e. The lowest BCUT2D eigenvalue weighted by Crippen LogP contribution is -2.29. The summed E-state index contributed by atoms with van der Waals surface area (Å²) in [7, 11) is 1.63. The number of aromatic nitrogens is 3. The van der Waals surface area contributed by atoms with Crippen LogP contribution in [0.5, 0.6) is 5.88 Å². The minimum atomic E-state index is -0.169. The molecule has 0 aromatic carbocycles. The van der Waals surface area contributed by atoms with E-state index in [0.717, 1.165) is 16.8 Å². The van der Waals surface area contributed by atoms with E-state index in [1.165, 1.54) is 0 Å². The molecular weight excluding hydrogens is 360 g/mol. The normalized spacial score (nSPS) is 18.6. The molecule has 2 aromatic heterocycles. The lowest BCUT2D eigenvalue weighted by atomic mass is 9.99. The number of pyridine rings is 1. The van der Waals surface area contributed by atoms with Crippen LogP contribution in [-0.4, -0.2) is 47.1 Å². The standard InChI is InChI=1S/C20H28N4O4/c1-5-27-20-15(7-6-8-21-20)12-22-19(25)18-16-11-13(2)28-14(3)17(16)23-24(18)9-10-26-4/h6-8,13-14H,5,9-12H2,1-4H3,(H,22,25)/t13-,14+/m1/s1. The molecule has 152 valence electrons. The third-order valence-electron chi connectivity index (χ3n) is 4.69. The molecule has 2 atom stereocenters. The van der Waals surface area contributed by atoms with Gasteiger partial charge in [0.05, 0.1) is 37.7 Å². The van der Waals surface area contributed by atoms with Crippen LogP contribution in [0.4, 0.5) is 0 Å². The molecule has 0 saturated carbocycles. The summed E-state index contributed by atoms with van der Waals surface area (Å²) < 4.78 is 18.3. The van der Waals surface area contributed by atoms with Crippen molar-refractivity contribution in [2.75, 3.05) is 20.3 Å². The summed E-state index contributed by atoms with van der Waals surface area (Å²) in [4.78, 5) is 17.3. The van der Waals surface area contributed by atoms with Gasteiger partial charge in [-0.25, -0.2) is 4.98 Å². The van der Waals surface area contributed by atoms with Crippen molar-refractivity contribution in [3.8, 4) is 5.88 Å². The number of nitrogens with one attached hydrogen (secondary N) is 1. The maximum Gasteiger partial charge on any atom is 0.270 e. The highest BCUT2D eigenvalue weighted by molar-refractivity contribution is 5.94. The summed E-state index contributed by atoms with van der Waals surface area (Å²) >= 11 is 0. The molecule has 0 bridgehead atoms. The summed E-state index contributed by atoms with van der Waals surface area (Å²) in [5.74, 6) is 0.369. The fourth-order valence-electron chi connectivity index (χ4n) is 3.47. The minimum absolute atomic E-state index is 0.0389. The Morgan fingerprint density at radius 1 is 1.43 bits per heavy atom. The van der Waals surface area contributed by atoms with Crippen LogP contribution in [0.15, 0.2) is 18.3 Å². The molecule has 1 N–H and O–H groups in total. The lowest BCUT2D eigenvalue weighted by Gasteiger charge is -2.24. The maximum absolute atomic E-state index is 13.1. The molecule has 8 nitrogen and oxygen atoms in total. The molecule has 28 heavy (non-hydrogen) atoms. The SMILES string of the molecule is CCOc1ncccc1CNC(=O)c1c2c(nn1CCOC)[C@H](C)O[C@H](C)C2. The van der Waals surface area contributed by atoms with Gasteiger partial charge in [-0.2, -0.15) is 5.10 Å². The van der Waals surface area contributed by atoms with E-state index < -0.39 is 0 Å². The van der Waals surface area contributed by atoms with Crippen LogP contribution in [-0.2, 0) is 29.0 Å². The number of ether oxygens (including phenoxy) is 3. The van der Waals surface area contributed by atoms with Gasteiger partial charge in [0.15, 0.2) is 0 Å². The summed E-state index contributed by atoms with van der Waals surface area (Å²) in [5.41, 5.74) is 3.20. The van der Waals surface area contributed by atoms with Crippen LogP contribution in [0.25, 0.3) is 0 Å². The Balaban J connectivity index is 1.84. The monoisotopic (exact) mass is 388 g/mol. The number of fused-ring (bicyclic) bond motifs is 1. The zero-order valence-electron chi connectivity index (χ0n) is 16.9. The van der Waals surface area contributed by atoms with Gasteiger partial charge in [0.1, 0.15) is 5.69 Å². The van der Waals surface area contributed by atoms with Gasteiger partial charge in [0.2, 0.25) is 5.88 Å². The molecule has 8 heteroatoms. The van der Waals surface area contributed by atoms with Crippen molar-refractivity contribution in [1.29, 1.82) is 0 Å². The van der Waals surface area contributed by atoms with Crippen LogP contribution in [0.1, 0.15) is 54.2 Å². The van der Waals surface area contributed by atoms with Gasteiger partial charge in [0, 0.05) is 37.4 Å².